The average Bonchev–Trinajstić information content (AvgIpc) is 2.99. The Morgan fingerprint density at radius 3 is 2.57 bits per heavy atom. The minimum Gasteiger partial charge on any atom is -0.491 e. The van der Waals surface area contributed by atoms with E-state index in [-0.39, 0.29) is 18.6 Å². The highest BCUT2D eigenvalue weighted by Crippen LogP contribution is 2.15. The van der Waals surface area contributed by atoms with Crippen LogP contribution in [0.1, 0.15) is 35.9 Å². The van der Waals surface area contributed by atoms with Crippen molar-refractivity contribution in [3.63, 3.8) is 0 Å². The molecule has 0 unspecified atom stereocenters. The third-order valence-corrected chi connectivity index (χ3v) is 2.87. The highest BCUT2D eigenvalue weighted by Gasteiger charge is 2.12. The number of carbonyl (C=O) groups is 1. The summed E-state index contributed by atoms with van der Waals surface area (Å²) in [5, 5.41) is 12.5. The zero-order chi connectivity index (χ0) is 15.2. The van der Waals surface area contributed by atoms with Crippen LogP contribution in [0.5, 0.6) is 5.75 Å². The second-order valence-electron chi connectivity index (χ2n) is 4.97. The van der Waals surface area contributed by atoms with Gasteiger partial charge in [-0.05, 0) is 44.2 Å². The molecule has 2 aromatic rings. The van der Waals surface area contributed by atoms with Crippen molar-refractivity contribution < 1.29 is 19.1 Å². The van der Waals surface area contributed by atoms with Crippen LogP contribution in [-0.4, -0.2) is 23.7 Å². The van der Waals surface area contributed by atoms with Crippen LogP contribution in [0.15, 0.2) is 47.3 Å². The maximum absolute atomic E-state index is 12.0. The molecular formula is C16H19NO4. The second-order valence-corrected chi connectivity index (χ2v) is 4.97. The lowest BCUT2D eigenvalue weighted by atomic mass is 10.1. The van der Waals surface area contributed by atoms with Gasteiger partial charge in [0.05, 0.1) is 24.7 Å². The highest BCUT2D eigenvalue weighted by atomic mass is 16.5. The molecular weight excluding hydrogens is 270 g/mol. The third-order valence-electron chi connectivity index (χ3n) is 2.87. The van der Waals surface area contributed by atoms with E-state index in [2.05, 4.69) is 5.32 Å². The number of benzene rings is 1. The Morgan fingerprint density at radius 1 is 1.29 bits per heavy atom. The number of hydrogen-bond acceptors (Lipinski definition) is 4. The summed E-state index contributed by atoms with van der Waals surface area (Å²) in [5.41, 5.74) is 1.15. The van der Waals surface area contributed by atoms with E-state index >= 15 is 0 Å². The molecule has 2 N–H and O–H groups in total. The second kappa shape index (κ2) is 6.95. The van der Waals surface area contributed by atoms with E-state index in [1.54, 1.807) is 30.3 Å². The molecule has 0 spiro atoms. The fourth-order valence-corrected chi connectivity index (χ4v) is 1.83. The molecule has 0 aliphatic carbocycles. The Hall–Kier alpha value is -2.27. The maximum atomic E-state index is 12.0. The van der Waals surface area contributed by atoms with Crippen LogP contribution in [-0.2, 0) is 0 Å². The van der Waals surface area contributed by atoms with E-state index in [0.717, 1.165) is 5.75 Å². The molecule has 0 aliphatic heterocycles. The van der Waals surface area contributed by atoms with Crippen molar-refractivity contribution in [3.05, 3.63) is 54.0 Å². The van der Waals surface area contributed by atoms with E-state index in [9.17, 15) is 9.90 Å². The first-order valence-corrected chi connectivity index (χ1v) is 6.81. The summed E-state index contributed by atoms with van der Waals surface area (Å²) in [4.78, 5) is 12.0. The third kappa shape index (κ3) is 4.36. The lowest BCUT2D eigenvalue weighted by Gasteiger charge is -2.11. The van der Waals surface area contributed by atoms with Gasteiger partial charge in [-0.15, -0.1) is 0 Å². The Labute approximate surface area is 123 Å². The molecule has 21 heavy (non-hydrogen) atoms. The van der Waals surface area contributed by atoms with Gasteiger partial charge in [0.2, 0.25) is 0 Å². The minimum absolute atomic E-state index is 0.0924. The van der Waals surface area contributed by atoms with Crippen molar-refractivity contribution in [2.75, 3.05) is 6.54 Å². The van der Waals surface area contributed by atoms with Gasteiger partial charge in [-0.3, -0.25) is 4.79 Å². The Kier molecular flexibility index (Phi) is 5.00. The number of amides is 1. The zero-order valence-corrected chi connectivity index (χ0v) is 12.1. The SMILES string of the molecule is CC(C)Oc1ccc(C(=O)NC[C@@H](O)c2ccoc2)cc1. The van der Waals surface area contributed by atoms with E-state index in [4.69, 9.17) is 9.15 Å². The van der Waals surface area contributed by atoms with E-state index in [1.165, 1.54) is 12.5 Å². The Morgan fingerprint density at radius 2 is 2.00 bits per heavy atom. The van der Waals surface area contributed by atoms with Crippen molar-refractivity contribution in [3.8, 4) is 5.75 Å². The summed E-state index contributed by atoms with van der Waals surface area (Å²) in [6, 6.07) is 8.55. The van der Waals surface area contributed by atoms with Crippen LogP contribution >= 0.6 is 0 Å². The number of nitrogens with one attached hydrogen (secondary N) is 1. The smallest absolute Gasteiger partial charge is 0.251 e. The van der Waals surface area contributed by atoms with Crippen molar-refractivity contribution in [2.45, 2.75) is 26.1 Å². The zero-order valence-electron chi connectivity index (χ0n) is 12.1. The van der Waals surface area contributed by atoms with Crippen LogP contribution in [0.4, 0.5) is 0 Å². The van der Waals surface area contributed by atoms with Crippen LogP contribution in [0.3, 0.4) is 0 Å². The van der Waals surface area contributed by atoms with Gasteiger partial charge in [-0.2, -0.15) is 0 Å². The summed E-state index contributed by atoms with van der Waals surface area (Å²) in [6.45, 7) is 4.01. The molecule has 0 fully saturated rings. The lowest BCUT2D eigenvalue weighted by molar-refractivity contribution is 0.0916. The van der Waals surface area contributed by atoms with Gasteiger partial charge in [0, 0.05) is 17.7 Å². The van der Waals surface area contributed by atoms with Crippen molar-refractivity contribution in [1.29, 1.82) is 0 Å². The predicted octanol–water partition coefficient (Wildman–Crippen LogP) is 2.53. The standard InChI is InChI=1S/C16H19NO4/c1-11(2)21-14-5-3-12(4-6-14)16(19)17-9-15(18)13-7-8-20-10-13/h3-8,10-11,15,18H,9H2,1-2H3,(H,17,19)/t15-/m1/s1. The van der Waals surface area contributed by atoms with Gasteiger partial charge >= 0.3 is 0 Å². The molecule has 5 heteroatoms. The Bertz CT molecular complexity index is 560. The molecule has 1 amide bonds. The summed E-state index contributed by atoms with van der Waals surface area (Å²) in [5.74, 6) is 0.480. The number of aliphatic hydroxyl groups excluding tert-OH is 1. The summed E-state index contributed by atoms with van der Waals surface area (Å²) >= 11 is 0. The predicted molar refractivity (Wildman–Crippen MR) is 78.2 cm³/mol. The first-order valence-electron chi connectivity index (χ1n) is 6.81. The van der Waals surface area contributed by atoms with E-state index < -0.39 is 6.10 Å². The largest absolute Gasteiger partial charge is 0.491 e. The highest BCUT2D eigenvalue weighted by molar-refractivity contribution is 5.94. The van der Waals surface area contributed by atoms with Crippen LogP contribution in [0.2, 0.25) is 0 Å². The fourth-order valence-electron chi connectivity index (χ4n) is 1.83. The first-order chi connectivity index (χ1) is 10.1. The van der Waals surface area contributed by atoms with Crippen LogP contribution < -0.4 is 10.1 Å². The molecule has 112 valence electrons. The minimum atomic E-state index is -0.781. The van der Waals surface area contributed by atoms with Crippen molar-refractivity contribution in [2.24, 2.45) is 0 Å². The summed E-state index contributed by atoms with van der Waals surface area (Å²) < 4.78 is 10.4. The van der Waals surface area contributed by atoms with Gasteiger partial charge < -0.3 is 19.6 Å². The Balaban J connectivity index is 1.88. The number of hydrogen-bond donors (Lipinski definition) is 2. The molecule has 2 rings (SSSR count). The van der Waals surface area contributed by atoms with E-state index in [1.807, 2.05) is 13.8 Å². The van der Waals surface area contributed by atoms with Crippen molar-refractivity contribution >= 4 is 5.91 Å². The van der Waals surface area contributed by atoms with Gasteiger partial charge in [0.15, 0.2) is 0 Å². The average molecular weight is 289 g/mol. The van der Waals surface area contributed by atoms with Crippen molar-refractivity contribution in [1.82, 2.24) is 5.32 Å². The van der Waals surface area contributed by atoms with Crippen LogP contribution in [0, 0.1) is 0 Å². The molecule has 1 aromatic heterocycles. The van der Waals surface area contributed by atoms with Gasteiger partial charge in [-0.1, -0.05) is 0 Å². The molecule has 5 nitrogen and oxygen atoms in total. The van der Waals surface area contributed by atoms with Gasteiger partial charge in [0.25, 0.3) is 5.91 Å². The molecule has 0 radical (unpaired) electrons. The van der Waals surface area contributed by atoms with Gasteiger partial charge in [-0.25, -0.2) is 0 Å². The molecule has 0 saturated heterocycles. The summed E-state index contributed by atoms with van der Waals surface area (Å²) in [6.07, 6.45) is 2.24. The quantitative estimate of drug-likeness (QED) is 0.857. The number of carbonyl (C=O) groups excluding carboxylic acids is 1. The lowest BCUT2D eigenvalue weighted by Crippen LogP contribution is -2.28. The molecule has 0 saturated carbocycles. The first kappa shape index (κ1) is 15.1. The maximum Gasteiger partial charge on any atom is 0.251 e. The molecule has 0 aliphatic rings. The molecule has 1 heterocycles. The molecule has 1 atom stereocenters. The van der Waals surface area contributed by atoms with E-state index in [0.29, 0.717) is 11.1 Å². The number of aliphatic hydroxyl groups is 1. The molecule has 1 aromatic carbocycles. The molecule has 0 bridgehead atoms. The van der Waals surface area contributed by atoms with Gasteiger partial charge in [0.1, 0.15) is 5.75 Å². The monoisotopic (exact) mass is 289 g/mol. The number of furan rings is 1. The number of rotatable bonds is 6. The number of ether oxygens (including phenoxy) is 1. The fraction of sp³-hybridized carbons (Fsp3) is 0.312. The normalized spacial score (nSPS) is 12.2. The van der Waals surface area contributed by atoms with Crippen LogP contribution in [0.25, 0.3) is 0 Å². The topological polar surface area (TPSA) is 71.7 Å². The summed E-state index contributed by atoms with van der Waals surface area (Å²) in [7, 11) is 0.